The Hall–Kier alpha value is -1.91. The number of halogens is 1. The minimum atomic E-state index is -0.333. The van der Waals surface area contributed by atoms with Crippen molar-refractivity contribution in [1.29, 1.82) is 0 Å². The number of hydrogen-bond acceptors (Lipinski definition) is 2. The molecule has 26 heavy (non-hydrogen) atoms. The van der Waals surface area contributed by atoms with Crippen LogP contribution in [-0.4, -0.2) is 36.3 Å². The first-order valence-electron chi connectivity index (χ1n) is 9.58. The predicted octanol–water partition coefficient (Wildman–Crippen LogP) is 3.58. The van der Waals surface area contributed by atoms with Gasteiger partial charge < -0.3 is 10.2 Å². The lowest BCUT2D eigenvalue weighted by molar-refractivity contribution is -0.131. The van der Waals surface area contributed by atoms with Crippen LogP contribution in [0.3, 0.4) is 0 Å². The minimum absolute atomic E-state index is 0.0419. The molecular formula is C21H31FN2O2. The fourth-order valence-corrected chi connectivity index (χ4v) is 3.44. The number of carbonyl (C=O) groups is 2. The molecule has 1 aromatic rings. The van der Waals surface area contributed by atoms with Crippen molar-refractivity contribution in [3.8, 4) is 0 Å². The maximum atomic E-state index is 13.7. The van der Waals surface area contributed by atoms with Crippen molar-refractivity contribution in [2.45, 2.75) is 46.5 Å². The first kappa shape index (κ1) is 20.4. The third-order valence-corrected chi connectivity index (χ3v) is 4.89. The van der Waals surface area contributed by atoms with Gasteiger partial charge in [0, 0.05) is 32.0 Å². The van der Waals surface area contributed by atoms with Gasteiger partial charge in [-0.25, -0.2) is 4.39 Å². The fraction of sp³-hybridized carbons (Fsp3) is 0.619. The third-order valence-electron chi connectivity index (χ3n) is 4.89. The molecule has 1 heterocycles. The Morgan fingerprint density at radius 1 is 1.19 bits per heavy atom. The van der Waals surface area contributed by atoms with Crippen LogP contribution in [0.4, 0.5) is 4.39 Å². The molecule has 0 saturated carbocycles. The summed E-state index contributed by atoms with van der Waals surface area (Å²) in [5.41, 5.74) is 0.786. The summed E-state index contributed by atoms with van der Waals surface area (Å²) in [7, 11) is 0. The van der Waals surface area contributed by atoms with Crippen LogP contribution in [0.25, 0.3) is 0 Å². The van der Waals surface area contributed by atoms with E-state index in [9.17, 15) is 14.0 Å². The molecular weight excluding hydrogens is 331 g/mol. The summed E-state index contributed by atoms with van der Waals surface area (Å²) >= 11 is 0. The van der Waals surface area contributed by atoms with E-state index in [0.717, 1.165) is 12.0 Å². The zero-order valence-electron chi connectivity index (χ0n) is 16.3. The average molecular weight is 362 g/mol. The van der Waals surface area contributed by atoms with E-state index in [-0.39, 0.29) is 35.4 Å². The molecule has 0 aliphatic carbocycles. The van der Waals surface area contributed by atoms with Gasteiger partial charge in [0.05, 0.1) is 5.92 Å². The smallest absolute Gasteiger partial charge is 0.225 e. The molecule has 1 fully saturated rings. The van der Waals surface area contributed by atoms with Gasteiger partial charge in [-0.15, -0.1) is 0 Å². The summed E-state index contributed by atoms with van der Waals surface area (Å²) in [6, 6.07) is 6.39. The largest absolute Gasteiger partial charge is 0.356 e. The molecule has 2 amide bonds. The SMILES string of the molecule is CC(C)CCNC(=O)[C@H]1CN(C(=O)CC(C)C)C[C@H]1c1cccc(F)c1. The van der Waals surface area contributed by atoms with Crippen molar-refractivity contribution in [3.63, 3.8) is 0 Å². The Balaban J connectivity index is 2.14. The first-order valence-corrected chi connectivity index (χ1v) is 9.58. The van der Waals surface area contributed by atoms with E-state index in [0.29, 0.717) is 32.0 Å². The van der Waals surface area contributed by atoms with Crippen LogP contribution in [0.1, 0.15) is 52.0 Å². The zero-order chi connectivity index (χ0) is 19.3. The second-order valence-corrected chi connectivity index (χ2v) is 8.14. The van der Waals surface area contributed by atoms with Crippen LogP contribution in [-0.2, 0) is 9.59 Å². The summed E-state index contributed by atoms with van der Waals surface area (Å²) in [5, 5.41) is 3.00. The number of nitrogens with one attached hydrogen (secondary N) is 1. The molecule has 0 aromatic heterocycles. The van der Waals surface area contributed by atoms with E-state index in [4.69, 9.17) is 0 Å². The number of carbonyl (C=O) groups excluding carboxylic acids is 2. The van der Waals surface area contributed by atoms with Crippen molar-refractivity contribution in [3.05, 3.63) is 35.6 Å². The number of nitrogens with zero attached hydrogens (tertiary/aromatic N) is 1. The Kier molecular flexibility index (Phi) is 7.18. The van der Waals surface area contributed by atoms with Crippen molar-refractivity contribution >= 4 is 11.8 Å². The van der Waals surface area contributed by atoms with Crippen LogP contribution in [0.15, 0.2) is 24.3 Å². The zero-order valence-corrected chi connectivity index (χ0v) is 16.3. The summed E-state index contributed by atoms with van der Waals surface area (Å²) in [6.45, 7) is 9.75. The van der Waals surface area contributed by atoms with Crippen molar-refractivity contribution in [2.24, 2.45) is 17.8 Å². The summed E-state index contributed by atoms with van der Waals surface area (Å²) in [4.78, 5) is 27.0. The second-order valence-electron chi connectivity index (χ2n) is 8.14. The van der Waals surface area contributed by atoms with Gasteiger partial charge in [-0.2, -0.15) is 0 Å². The van der Waals surface area contributed by atoms with Gasteiger partial charge >= 0.3 is 0 Å². The summed E-state index contributed by atoms with van der Waals surface area (Å²) in [5.74, 6) is 0.00375. The van der Waals surface area contributed by atoms with Gasteiger partial charge in [0.1, 0.15) is 5.82 Å². The molecule has 1 aromatic carbocycles. The van der Waals surface area contributed by atoms with E-state index >= 15 is 0 Å². The van der Waals surface area contributed by atoms with Gasteiger partial charge in [-0.05, 0) is 36.0 Å². The highest BCUT2D eigenvalue weighted by Crippen LogP contribution is 2.34. The van der Waals surface area contributed by atoms with Crippen LogP contribution in [0, 0.1) is 23.6 Å². The number of rotatable bonds is 7. The molecule has 1 aliphatic rings. The van der Waals surface area contributed by atoms with Crippen molar-refractivity contribution in [2.75, 3.05) is 19.6 Å². The lowest BCUT2D eigenvalue weighted by atomic mass is 9.88. The van der Waals surface area contributed by atoms with E-state index in [1.165, 1.54) is 12.1 Å². The van der Waals surface area contributed by atoms with Gasteiger partial charge in [0.15, 0.2) is 0 Å². The maximum absolute atomic E-state index is 13.7. The number of benzene rings is 1. The minimum Gasteiger partial charge on any atom is -0.356 e. The van der Waals surface area contributed by atoms with Crippen LogP contribution in [0.2, 0.25) is 0 Å². The molecule has 1 N–H and O–H groups in total. The molecule has 0 unspecified atom stereocenters. The Morgan fingerprint density at radius 2 is 1.92 bits per heavy atom. The number of amides is 2. The highest BCUT2D eigenvalue weighted by atomic mass is 19.1. The molecule has 1 saturated heterocycles. The second kappa shape index (κ2) is 9.15. The van der Waals surface area contributed by atoms with Crippen molar-refractivity contribution < 1.29 is 14.0 Å². The van der Waals surface area contributed by atoms with E-state index < -0.39 is 0 Å². The predicted molar refractivity (Wildman–Crippen MR) is 101 cm³/mol. The lowest BCUT2D eigenvalue weighted by Gasteiger charge is -2.18. The highest BCUT2D eigenvalue weighted by Gasteiger charge is 2.40. The van der Waals surface area contributed by atoms with Crippen LogP contribution in [0.5, 0.6) is 0 Å². The maximum Gasteiger partial charge on any atom is 0.225 e. The number of likely N-dealkylation sites (tertiary alicyclic amines) is 1. The summed E-state index contributed by atoms with van der Waals surface area (Å²) in [6.07, 6.45) is 1.39. The molecule has 5 heteroatoms. The van der Waals surface area contributed by atoms with Crippen LogP contribution < -0.4 is 5.32 Å². The van der Waals surface area contributed by atoms with Gasteiger partial charge in [0.2, 0.25) is 11.8 Å². The van der Waals surface area contributed by atoms with E-state index in [1.807, 2.05) is 19.9 Å². The normalized spacial score (nSPS) is 20.0. The van der Waals surface area contributed by atoms with Gasteiger partial charge in [-0.3, -0.25) is 9.59 Å². The quantitative estimate of drug-likeness (QED) is 0.806. The van der Waals surface area contributed by atoms with E-state index in [2.05, 4.69) is 19.2 Å². The van der Waals surface area contributed by atoms with Crippen LogP contribution >= 0.6 is 0 Å². The third kappa shape index (κ3) is 5.55. The monoisotopic (exact) mass is 362 g/mol. The molecule has 1 aliphatic heterocycles. The standard InChI is InChI=1S/C21H31FN2O2/c1-14(2)8-9-23-21(26)19-13-24(20(25)10-15(3)4)12-18(19)16-6-5-7-17(22)11-16/h5-7,11,14-15,18-19H,8-10,12-13H2,1-4H3,(H,23,26)/t18-,19-/m0/s1. The fourth-order valence-electron chi connectivity index (χ4n) is 3.44. The number of hydrogen-bond donors (Lipinski definition) is 1. The molecule has 0 radical (unpaired) electrons. The average Bonchev–Trinajstić information content (AvgIpc) is 2.99. The highest BCUT2D eigenvalue weighted by molar-refractivity contribution is 5.83. The molecule has 144 valence electrons. The molecule has 2 rings (SSSR count). The van der Waals surface area contributed by atoms with Crippen molar-refractivity contribution in [1.82, 2.24) is 10.2 Å². The molecule has 2 atom stereocenters. The summed E-state index contributed by atoms with van der Waals surface area (Å²) < 4.78 is 13.7. The van der Waals surface area contributed by atoms with Gasteiger partial charge in [-0.1, -0.05) is 39.8 Å². The molecule has 0 bridgehead atoms. The lowest BCUT2D eigenvalue weighted by Crippen LogP contribution is -2.36. The topological polar surface area (TPSA) is 49.4 Å². The van der Waals surface area contributed by atoms with Gasteiger partial charge in [0.25, 0.3) is 0 Å². The Labute approximate surface area is 156 Å². The first-order chi connectivity index (χ1) is 12.3. The Bertz CT molecular complexity index is 630. The molecule has 0 spiro atoms. The van der Waals surface area contributed by atoms with E-state index in [1.54, 1.807) is 11.0 Å². The Morgan fingerprint density at radius 3 is 2.54 bits per heavy atom. The molecule has 4 nitrogen and oxygen atoms in total.